The summed E-state index contributed by atoms with van der Waals surface area (Å²) in [6.07, 6.45) is 2.06. The van der Waals surface area contributed by atoms with E-state index in [9.17, 15) is 0 Å². The molecule has 0 saturated carbocycles. The predicted octanol–water partition coefficient (Wildman–Crippen LogP) is 0.438. The largest absolute Gasteiger partial charge is 0.437 e. The molecule has 0 fully saturated rings. The minimum absolute atomic E-state index is 0.382. The van der Waals surface area contributed by atoms with E-state index in [4.69, 9.17) is 5.02 Å². The van der Waals surface area contributed by atoms with Gasteiger partial charge in [0.1, 0.15) is 0 Å². The molecule has 0 amide bonds. The molecule has 0 aliphatic rings. The highest BCUT2D eigenvalue weighted by Crippen LogP contribution is 1.95. The molecule has 0 aliphatic heterocycles. The van der Waals surface area contributed by atoms with Crippen molar-refractivity contribution in [3.63, 3.8) is 0 Å². The molecule has 0 spiro atoms. The van der Waals surface area contributed by atoms with E-state index >= 15 is 0 Å². The molecule has 0 bridgehead atoms. The van der Waals surface area contributed by atoms with Gasteiger partial charge < -0.3 is 10.3 Å². The van der Waals surface area contributed by atoms with Gasteiger partial charge in [-0.05, 0) is 20.0 Å². The third-order valence-corrected chi connectivity index (χ3v) is 1.78. The Balaban J connectivity index is 3.15. The summed E-state index contributed by atoms with van der Waals surface area (Å²) in [5.74, 6) is 1.05. The highest BCUT2D eigenvalue weighted by molar-refractivity contribution is 7.98. The lowest BCUT2D eigenvalue weighted by Crippen LogP contribution is -2.39. The predicted molar refractivity (Wildman–Crippen MR) is 44.8 cm³/mol. The normalized spacial score (nSPS) is 13.3. The van der Waals surface area contributed by atoms with Gasteiger partial charge >= 0.3 is 7.05 Å². The molecule has 4 heteroatoms. The molecule has 0 heterocycles. The molecule has 1 atom stereocenters. The lowest BCUT2D eigenvalue weighted by Gasteiger charge is -2.11. The first-order valence-corrected chi connectivity index (χ1v) is 4.49. The summed E-state index contributed by atoms with van der Waals surface area (Å²) in [6.45, 7) is 3.79. The van der Waals surface area contributed by atoms with Crippen molar-refractivity contribution < 1.29 is 5.02 Å². The van der Waals surface area contributed by atoms with E-state index in [1.54, 1.807) is 18.6 Å². The first kappa shape index (κ1) is 9.33. The van der Waals surface area contributed by atoms with Gasteiger partial charge in [-0.3, -0.25) is 0 Å². The second kappa shape index (κ2) is 5.15. The fraction of sp³-hybridized carbons (Fsp3) is 1.00. The van der Waals surface area contributed by atoms with E-state index < -0.39 is 0 Å². The van der Waals surface area contributed by atoms with Gasteiger partial charge in [0.05, 0.1) is 0 Å². The smallest absolute Gasteiger partial charge is 0.373 e. The van der Waals surface area contributed by atoms with Gasteiger partial charge in [-0.15, -0.1) is 0 Å². The van der Waals surface area contributed by atoms with Crippen molar-refractivity contribution in [1.82, 2.24) is 5.23 Å². The Hall–Kier alpha value is 0.335. The van der Waals surface area contributed by atoms with Crippen molar-refractivity contribution in [2.45, 2.75) is 19.8 Å². The third-order valence-electron chi connectivity index (χ3n) is 0.942. The lowest BCUT2D eigenvalue weighted by atomic mass is 9.88. The third kappa shape index (κ3) is 6.22. The van der Waals surface area contributed by atoms with Crippen LogP contribution in [-0.2, 0) is 0 Å². The molecule has 0 rings (SSSR count). The maximum Gasteiger partial charge on any atom is 0.373 e. The lowest BCUT2D eigenvalue weighted by molar-refractivity contribution is 0.539. The number of hydrogen-bond acceptors (Lipinski definition) is 3. The number of thioether (sulfide) groups is 1. The summed E-state index contributed by atoms with van der Waals surface area (Å²) >= 11 is 1.78. The van der Waals surface area contributed by atoms with Crippen molar-refractivity contribution in [2.24, 2.45) is 0 Å². The molecule has 0 aromatic carbocycles. The topological polar surface area (TPSA) is 32.3 Å². The Labute approximate surface area is 61.5 Å². The van der Waals surface area contributed by atoms with Crippen LogP contribution in [0.15, 0.2) is 0 Å². The zero-order chi connectivity index (χ0) is 7.28. The second-order valence-electron chi connectivity index (χ2n) is 2.20. The minimum atomic E-state index is -0.382. The molecule has 9 heavy (non-hydrogen) atoms. The van der Waals surface area contributed by atoms with E-state index in [1.807, 2.05) is 0 Å². The maximum absolute atomic E-state index is 8.83. The number of hydrogen-bond donors (Lipinski definition) is 2. The number of nitrogens with one attached hydrogen (secondary N) is 1. The van der Waals surface area contributed by atoms with E-state index in [-0.39, 0.29) is 7.05 Å². The fourth-order valence-electron chi connectivity index (χ4n) is 0.710. The molecule has 0 saturated heterocycles. The van der Waals surface area contributed by atoms with Crippen LogP contribution in [0.5, 0.6) is 0 Å². The van der Waals surface area contributed by atoms with E-state index in [0.717, 1.165) is 5.75 Å². The summed E-state index contributed by atoms with van der Waals surface area (Å²) in [6, 6.07) is 0.403. The zero-order valence-corrected chi connectivity index (χ0v) is 7.03. The fourth-order valence-corrected chi connectivity index (χ4v) is 1.31. The Morgan fingerprint density at radius 3 is 2.67 bits per heavy atom. The molecule has 2 nitrogen and oxygen atoms in total. The Bertz CT molecular complexity index is 72.0. The van der Waals surface area contributed by atoms with Crippen LogP contribution >= 0.6 is 11.8 Å². The van der Waals surface area contributed by atoms with Crippen molar-refractivity contribution in [3.8, 4) is 0 Å². The molecular weight excluding hydrogens is 133 g/mol. The van der Waals surface area contributed by atoms with Crippen LogP contribution < -0.4 is 5.23 Å². The molecule has 54 valence electrons. The first-order valence-electron chi connectivity index (χ1n) is 3.10. The van der Waals surface area contributed by atoms with Crippen molar-refractivity contribution >= 4 is 18.8 Å². The standard InChI is InChI=1S/C5H14BNOS/c1-5(4-9-3)7-6(2)8/h5,7-8H,4H2,1-3H3. The Kier molecular flexibility index (Phi) is 5.34. The first-order chi connectivity index (χ1) is 4.16. The molecule has 0 aliphatic carbocycles. The van der Waals surface area contributed by atoms with Gasteiger partial charge in [0.25, 0.3) is 0 Å². The van der Waals surface area contributed by atoms with Crippen molar-refractivity contribution in [2.75, 3.05) is 12.0 Å². The van der Waals surface area contributed by atoms with Crippen LogP contribution in [0.4, 0.5) is 0 Å². The number of rotatable bonds is 4. The molecule has 0 aromatic rings. The molecule has 1 unspecified atom stereocenters. The minimum Gasteiger partial charge on any atom is -0.437 e. The van der Waals surface area contributed by atoms with E-state index in [1.165, 1.54) is 0 Å². The van der Waals surface area contributed by atoms with Crippen LogP contribution in [0, 0.1) is 0 Å². The summed E-state index contributed by atoms with van der Waals surface area (Å²) in [4.78, 5) is 0. The maximum atomic E-state index is 8.83. The van der Waals surface area contributed by atoms with Gasteiger partial charge in [0.15, 0.2) is 0 Å². The summed E-state index contributed by atoms with van der Waals surface area (Å²) < 4.78 is 0. The Morgan fingerprint density at radius 1 is 1.78 bits per heavy atom. The van der Waals surface area contributed by atoms with Crippen LogP contribution in [0.1, 0.15) is 6.92 Å². The van der Waals surface area contributed by atoms with E-state index in [2.05, 4.69) is 18.4 Å². The quantitative estimate of drug-likeness (QED) is 0.566. The molecule has 0 aromatic heterocycles. The monoisotopic (exact) mass is 147 g/mol. The molecular formula is C5H14BNOS. The van der Waals surface area contributed by atoms with Gasteiger partial charge in [-0.1, -0.05) is 0 Å². The van der Waals surface area contributed by atoms with Crippen LogP contribution in [0.2, 0.25) is 6.82 Å². The van der Waals surface area contributed by atoms with E-state index in [0.29, 0.717) is 6.04 Å². The summed E-state index contributed by atoms with van der Waals surface area (Å²) in [5, 5.41) is 11.8. The molecule has 2 N–H and O–H groups in total. The second-order valence-corrected chi connectivity index (χ2v) is 3.11. The van der Waals surface area contributed by atoms with Gasteiger partial charge in [0, 0.05) is 11.8 Å². The van der Waals surface area contributed by atoms with Gasteiger partial charge in [0.2, 0.25) is 0 Å². The summed E-state index contributed by atoms with van der Waals surface area (Å²) in [5.41, 5.74) is 0. The molecule has 0 radical (unpaired) electrons. The van der Waals surface area contributed by atoms with Crippen molar-refractivity contribution in [1.29, 1.82) is 0 Å². The summed E-state index contributed by atoms with van der Waals surface area (Å²) in [7, 11) is -0.382. The zero-order valence-electron chi connectivity index (χ0n) is 6.22. The highest BCUT2D eigenvalue weighted by atomic mass is 32.2. The highest BCUT2D eigenvalue weighted by Gasteiger charge is 2.06. The average Bonchev–Trinajstić information content (AvgIpc) is 1.63. The van der Waals surface area contributed by atoms with Crippen LogP contribution in [0.25, 0.3) is 0 Å². The van der Waals surface area contributed by atoms with Crippen LogP contribution in [0.3, 0.4) is 0 Å². The average molecular weight is 147 g/mol. The van der Waals surface area contributed by atoms with Crippen LogP contribution in [-0.4, -0.2) is 30.1 Å². The van der Waals surface area contributed by atoms with Gasteiger partial charge in [-0.25, -0.2) is 0 Å². The SMILES string of the molecule is CSCC(C)NB(C)O. The van der Waals surface area contributed by atoms with Crippen molar-refractivity contribution in [3.05, 3.63) is 0 Å². The van der Waals surface area contributed by atoms with Gasteiger partial charge in [-0.2, -0.15) is 11.8 Å². The Morgan fingerprint density at radius 2 is 2.33 bits per heavy atom.